The van der Waals surface area contributed by atoms with Crippen LogP contribution in [0.4, 0.5) is 0 Å². The van der Waals surface area contributed by atoms with Crippen LogP contribution in [0.3, 0.4) is 0 Å². The number of rotatable bonds is 4. The van der Waals surface area contributed by atoms with E-state index in [0.717, 1.165) is 13.0 Å². The van der Waals surface area contributed by atoms with Crippen molar-refractivity contribution in [3.05, 3.63) is 0 Å². The first-order chi connectivity index (χ1) is 4.66. The molecule has 0 rings (SSSR count). The van der Waals surface area contributed by atoms with Gasteiger partial charge in [-0.25, -0.2) is 0 Å². The molecule has 60 valence electrons. The summed E-state index contributed by atoms with van der Waals surface area (Å²) < 4.78 is 0. The Kier molecular flexibility index (Phi) is 4.99. The lowest BCUT2D eigenvalue weighted by atomic mass is 10.1. The molecule has 10 heavy (non-hydrogen) atoms. The monoisotopic (exact) mass is 143 g/mol. The van der Waals surface area contributed by atoms with Gasteiger partial charge >= 0.3 is 0 Å². The molecule has 0 fully saturated rings. The van der Waals surface area contributed by atoms with E-state index in [9.17, 15) is 4.79 Å². The van der Waals surface area contributed by atoms with Crippen LogP contribution >= 0.6 is 0 Å². The summed E-state index contributed by atoms with van der Waals surface area (Å²) in [4.78, 5) is 10.9. The highest BCUT2D eigenvalue weighted by atomic mass is 16.1. The highest BCUT2D eigenvalue weighted by molar-refractivity contribution is 5.75. The number of amides is 1. The van der Waals surface area contributed by atoms with Crippen LogP contribution in [0.15, 0.2) is 0 Å². The van der Waals surface area contributed by atoms with Gasteiger partial charge in [0.25, 0.3) is 0 Å². The maximum Gasteiger partial charge on any atom is 0.220 e. The van der Waals surface area contributed by atoms with Crippen LogP contribution < -0.4 is 5.32 Å². The lowest BCUT2D eigenvalue weighted by Gasteiger charge is -2.04. The van der Waals surface area contributed by atoms with Crippen LogP contribution in [0.5, 0.6) is 0 Å². The van der Waals surface area contributed by atoms with Gasteiger partial charge in [-0.15, -0.1) is 0 Å². The minimum absolute atomic E-state index is 0.178. The molecule has 0 radical (unpaired) electrons. The molecule has 0 aromatic carbocycles. The SMILES string of the molecule is CCCNC(=O)CC(C)C. The van der Waals surface area contributed by atoms with E-state index in [2.05, 4.69) is 12.2 Å². The molecule has 0 heterocycles. The summed E-state index contributed by atoms with van der Waals surface area (Å²) in [6.07, 6.45) is 1.67. The number of nitrogens with one attached hydrogen (secondary N) is 1. The lowest BCUT2D eigenvalue weighted by molar-refractivity contribution is -0.121. The first-order valence-electron chi connectivity index (χ1n) is 3.93. The number of carbonyl (C=O) groups is 1. The second kappa shape index (κ2) is 5.27. The Balaban J connectivity index is 3.26. The predicted molar refractivity (Wildman–Crippen MR) is 42.8 cm³/mol. The van der Waals surface area contributed by atoms with E-state index >= 15 is 0 Å². The van der Waals surface area contributed by atoms with Crippen LogP contribution in [0.1, 0.15) is 33.6 Å². The summed E-state index contributed by atoms with van der Waals surface area (Å²) in [5, 5.41) is 2.82. The number of hydrogen-bond donors (Lipinski definition) is 1. The van der Waals surface area contributed by atoms with E-state index in [1.807, 2.05) is 13.8 Å². The number of carbonyl (C=O) groups excluding carboxylic acids is 1. The van der Waals surface area contributed by atoms with Crippen molar-refractivity contribution >= 4 is 5.91 Å². The Morgan fingerprint density at radius 1 is 1.50 bits per heavy atom. The highest BCUT2D eigenvalue weighted by Crippen LogP contribution is 1.97. The second-order valence-corrected chi connectivity index (χ2v) is 2.95. The normalized spacial score (nSPS) is 10.0. The van der Waals surface area contributed by atoms with Crippen LogP contribution in [0.2, 0.25) is 0 Å². The zero-order chi connectivity index (χ0) is 7.98. The van der Waals surface area contributed by atoms with E-state index in [0.29, 0.717) is 12.3 Å². The zero-order valence-corrected chi connectivity index (χ0v) is 7.11. The Hall–Kier alpha value is -0.530. The quantitative estimate of drug-likeness (QED) is 0.635. The molecule has 0 spiro atoms. The predicted octanol–water partition coefficient (Wildman–Crippen LogP) is 1.56. The molecule has 0 aliphatic carbocycles. The zero-order valence-electron chi connectivity index (χ0n) is 7.11. The average Bonchev–Trinajstić information content (AvgIpc) is 1.82. The van der Waals surface area contributed by atoms with E-state index < -0.39 is 0 Å². The standard InChI is InChI=1S/C8H17NO/c1-4-5-9-8(10)6-7(2)3/h7H,4-6H2,1-3H3,(H,9,10). The van der Waals surface area contributed by atoms with Crippen molar-refractivity contribution in [2.75, 3.05) is 6.54 Å². The topological polar surface area (TPSA) is 29.1 Å². The van der Waals surface area contributed by atoms with E-state index in [1.165, 1.54) is 0 Å². The van der Waals surface area contributed by atoms with Crippen molar-refractivity contribution in [2.24, 2.45) is 5.92 Å². The summed E-state index contributed by atoms with van der Waals surface area (Å²) in [5.41, 5.74) is 0. The molecular weight excluding hydrogens is 126 g/mol. The lowest BCUT2D eigenvalue weighted by Crippen LogP contribution is -2.24. The highest BCUT2D eigenvalue weighted by Gasteiger charge is 2.01. The van der Waals surface area contributed by atoms with Crippen LogP contribution in [0.25, 0.3) is 0 Å². The molecule has 0 aliphatic heterocycles. The van der Waals surface area contributed by atoms with Gasteiger partial charge in [0, 0.05) is 13.0 Å². The third kappa shape index (κ3) is 5.60. The molecule has 0 saturated heterocycles. The van der Waals surface area contributed by atoms with Gasteiger partial charge in [-0.2, -0.15) is 0 Å². The third-order valence-corrected chi connectivity index (χ3v) is 1.17. The van der Waals surface area contributed by atoms with Gasteiger partial charge in [0.05, 0.1) is 0 Å². The summed E-state index contributed by atoms with van der Waals surface area (Å²) in [7, 11) is 0. The summed E-state index contributed by atoms with van der Waals surface area (Å²) >= 11 is 0. The van der Waals surface area contributed by atoms with Crippen molar-refractivity contribution in [3.8, 4) is 0 Å². The molecule has 0 saturated carbocycles. The maximum atomic E-state index is 10.9. The van der Waals surface area contributed by atoms with Crippen LogP contribution in [-0.4, -0.2) is 12.5 Å². The maximum absolute atomic E-state index is 10.9. The van der Waals surface area contributed by atoms with E-state index in [-0.39, 0.29) is 5.91 Å². The Bertz CT molecular complexity index is 99.4. The van der Waals surface area contributed by atoms with Gasteiger partial charge in [0.2, 0.25) is 5.91 Å². The molecule has 0 bridgehead atoms. The molecule has 0 atom stereocenters. The fraction of sp³-hybridized carbons (Fsp3) is 0.875. The fourth-order valence-electron chi connectivity index (χ4n) is 0.707. The average molecular weight is 143 g/mol. The van der Waals surface area contributed by atoms with E-state index in [4.69, 9.17) is 0 Å². The molecule has 0 aromatic heterocycles. The molecule has 1 N–H and O–H groups in total. The van der Waals surface area contributed by atoms with Gasteiger partial charge in [0.1, 0.15) is 0 Å². The van der Waals surface area contributed by atoms with Crippen molar-refractivity contribution in [3.63, 3.8) is 0 Å². The minimum atomic E-state index is 0.178. The minimum Gasteiger partial charge on any atom is -0.356 e. The number of hydrogen-bond acceptors (Lipinski definition) is 1. The Morgan fingerprint density at radius 2 is 2.10 bits per heavy atom. The molecule has 1 amide bonds. The van der Waals surface area contributed by atoms with Crippen molar-refractivity contribution in [2.45, 2.75) is 33.6 Å². The first kappa shape index (κ1) is 9.47. The molecule has 0 aromatic rings. The Labute approximate surface area is 63.0 Å². The fourth-order valence-corrected chi connectivity index (χ4v) is 0.707. The van der Waals surface area contributed by atoms with Crippen molar-refractivity contribution in [1.29, 1.82) is 0 Å². The summed E-state index contributed by atoms with van der Waals surface area (Å²) in [6.45, 7) is 6.96. The van der Waals surface area contributed by atoms with E-state index in [1.54, 1.807) is 0 Å². The molecular formula is C8H17NO. The largest absolute Gasteiger partial charge is 0.356 e. The van der Waals surface area contributed by atoms with Gasteiger partial charge in [-0.1, -0.05) is 20.8 Å². The van der Waals surface area contributed by atoms with Gasteiger partial charge in [-0.05, 0) is 12.3 Å². The smallest absolute Gasteiger partial charge is 0.220 e. The molecule has 2 nitrogen and oxygen atoms in total. The van der Waals surface area contributed by atoms with Crippen LogP contribution in [0, 0.1) is 5.92 Å². The van der Waals surface area contributed by atoms with Crippen LogP contribution in [-0.2, 0) is 4.79 Å². The third-order valence-electron chi connectivity index (χ3n) is 1.17. The van der Waals surface area contributed by atoms with Gasteiger partial charge in [0.15, 0.2) is 0 Å². The van der Waals surface area contributed by atoms with Crippen molar-refractivity contribution < 1.29 is 4.79 Å². The van der Waals surface area contributed by atoms with Gasteiger partial charge < -0.3 is 5.32 Å². The molecule has 0 aliphatic rings. The first-order valence-corrected chi connectivity index (χ1v) is 3.93. The summed E-state index contributed by atoms with van der Waals surface area (Å²) in [6, 6.07) is 0. The molecule has 0 unspecified atom stereocenters. The molecule has 2 heteroatoms. The second-order valence-electron chi connectivity index (χ2n) is 2.95. The summed E-state index contributed by atoms with van der Waals surface area (Å²) in [5.74, 6) is 0.647. The van der Waals surface area contributed by atoms with Gasteiger partial charge in [-0.3, -0.25) is 4.79 Å². The Morgan fingerprint density at radius 3 is 2.50 bits per heavy atom. The van der Waals surface area contributed by atoms with Crippen molar-refractivity contribution in [1.82, 2.24) is 5.32 Å².